The summed E-state index contributed by atoms with van der Waals surface area (Å²) in [6.45, 7) is 1.46. The largest absolute Gasteiger partial charge is 0.394 e. The van der Waals surface area contributed by atoms with Crippen molar-refractivity contribution in [3.05, 3.63) is 46.1 Å². The average Bonchev–Trinajstić information content (AvgIpc) is 2.79. The molecule has 0 saturated heterocycles. The highest BCUT2D eigenvalue weighted by atomic mass is 79.9. The van der Waals surface area contributed by atoms with Crippen LogP contribution in [0, 0.1) is 18.3 Å². The van der Waals surface area contributed by atoms with Gasteiger partial charge in [-0.1, -0.05) is 30.3 Å². The van der Waals surface area contributed by atoms with E-state index in [1.165, 1.54) is 0 Å². The van der Waals surface area contributed by atoms with Gasteiger partial charge in [0.15, 0.2) is 0 Å². The van der Waals surface area contributed by atoms with Crippen LogP contribution in [0.3, 0.4) is 0 Å². The average molecular weight is 365 g/mol. The summed E-state index contributed by atoms with van der Waals surface area (Å²) in [5, 5.41) is 27.6. The minimum absolute atomic E-state index is 0.141. The lowest BCUT2D eigenvalue weighted by Crippen LogP contribution is -2.23. The Bertz CT molecular complexity index is 673. The fourth-order valence-corrected chi connectivity index (χ4v) is 3.03. The van der Waals surface area contributed by atoms with E-state index in [2.05, 4.69) is 22.0 Å². The molecular formula is C16H17BrN2O3. The second kappa shape index (κ2) is 7.56. The Morgan fingerprint density at radius 2 is 1.91 bits per heavy atom. The van der Waals surface area contributed by atoms with E-state index in [9.17, 15) is 5.26 Å². The summed E-state index contributed by atoms with van der Waals surface area (Å²) >= 11 is 3.49. The van der Waals surface area contributed by atoms with Crippen molar-refractivity contribution in [3.63, 3.8) is 0 Å². The van der Waals surface area contributed by atoms with Gasteiger partial charge in [-0.3, -0.25) is 0 Å². The fourth-order valence-electron chi connectivity index (χ4n) is 2.21. The Balaban J connectivity index is 2.46. The van der Waals surface area contributed by atoms with Crippen LogP contribution in [0.15, 0.2) is 34.8 Å². The summed E-state index contributed by atoms with van der Waals surface area (Å²) in [5.41, 5.74) is 3.10. The molecule has 0 aliphatic carbocycles. The van der Waals surface area contributed by atoms with Crippen molar-refractivity contribution in [2.45, 2.75) is 19.8 Å². The van der Waals surface area contributed by atoms with Crippen LogP contribution in [-0.4, -0.2) is 34.1 Å². The quantitative estimate of drug-likeness (QED) is 0.824. The molecule has 2 N–H and O–H groups in total. The van der Waals surface area contributed by atoms with Crippen LogP contribution in [-0.2, 0) is 11.5 Å². The van der Waals surface area contributed by atoms with Gasteiger partial charge in [-0.2, -0.15) is 5.26 Å². The van der Waals surface area contributed by atoms with E-state index in [4.69, 9.17) is 14.9 Å². The van der Waals surface area contributed by atoms with Crippen LogP contribution < -0.4 is 0 Å². The lowest BCUT2D eigenvalue weighted by molar-refractivity contribution is -0.0498. The maximum absolute atomic E-state index is 9.34. The molecule has 2 aromatic rings. The number of ether oxygens (including phenoxy) is 1. The van der Waals surface area contributed by atoms with Crippen LogP contribution in [0.1, 0.15) is 11.3 Å². The molecule has 0 unspecified atom stereocenters. The van der Waals surface area contributed by atoms with E-state index in [0.717, 1.165) is 17.0 Å². The molecule has 116 valence electrons. The molecular weight excluding hydrogens is 348 g/mol. The molecule has 0 spiro atoms. The first-order chi connectivity index (χ1) is 10.6. The van der Waals surface area contributed by atoms with Gasteiger partial charge in [0, 0.05) is 5.69 Å². The van der Waals surface area contributed by atoms with Crippen LogP contribution in [0.25, 0.3) is 11.3 Å². The first-order valence-corrected chi connectivity index (χ1v) is 7.60. The Morgan fingerprint density at radius 1 is 1.27 bits per heavy atom. The maximum Gasteiger partial charge on any atom is 0.123 e. The van der Waals surface area contributed by atoms with Crippen molar-refractivity contribution in [2.24, 2.45) is 0 Å². The summed E-state index contributed by atoms with van der Waals surface area (Å²) in [5.74, 6) is 0. The SMILES string of the molecule is Cc1c(C#N)c(Br)c(-c2ccccc2)n1COC(CO)CO. The number of aliphatic hydroxyl groups is 2. The molecule has 1 heterocycles. The normalized spacial score (nSPS) is 10.9. The second-order valence-electron chi connectivity index (χ2n) is 4.81. The van der Waals surface area contributed by atoms with Crippen molar-refractivity contribution in [1.82, 2.24) is 4.57 Å². The van der Waals surface area contributed by atoms with Crippen LogP contribution in [0.2, 0.25) is 0 Å². The van der Waals surface area contributed by atoms with Crippen LogP contribution >= 0.6 is 15.9 Å². The highest BCUT2D eigenvalue weighted by molar-refractivity contribution is 9.10. The van der Waals surface area contributed by atoms with E-state index >= 15 is 0 Å². The van der Waals surface area contributed by atoms with Crippen molar-refractivity contribution < 1.29 is 14.9 Å². The third-order valence-electron chi connectivity index (χ3n) is 3.47. The maximum atomic E-state index is 9.34. The number of aromatic nitrogens is 1. The number of rotatable bonds is 6. The molecule has 1 aromatic carbocycles. The van der Waals surface area contributed by atoms with Crippen molar-refractivity contribution >= 4 is 15.9 Å². The fraction of sp³-hybridized carbons (Fsp3) is 0.312. The Hall–Kier alpha value is -1.65. The molecule has 6 heteroatoms. The summed E-state index contributed by atoms with van der Waals surface area (Å²) in [6, 6.07) is 11.9. The molecule has 0 bridgehead atoms. The number of hydrogen-bond acceptors (Lipinski definition) is 4. The van der Waals surface area contributed by atoms with Crippen LogP contribution in [0.5, 0.6) is 0 Å². The summed E-state index contributed by atoms with van der Waals surface area (Å²) in [7, 11) is 0. The predicted octanol–water partition coefficient (Wildman–Crippen LogP) is 2.43. The topological polar surface area (TPSA) is 78.4 Å². The molecule has 0 amide bonds. The van der Waals surface area contributed by atoms with Gasteiger partial charge in [0.25, 0.3) is 0 Å². The molecule has 0 fully saturated rings. The van der Waals surface area contributed by atoms with Gasteiger partial charge >= 0.3 is 0 Å². The first-order valence-electron chi connectivity index (χ1n) is 6.81. The molecule has 0 saturated carbocycles. The second-order valence-corrected chi connectivity index (χ2v) is 5.60. The molecule has 0 aliphatic rings. The molecule has 2 rings (SSSR count). The van der Waals surface area contributed by atoms with Crippen molar-refractivity contribution in [1.29, 1.82) is 5.26 Å². The molecule has 1 aromatic heterocycles. The van der Waals surface area contributed by atoms with Gasteiger partial charge in [-0.25, -0.2) is 0 Å². The number of hydrogen-bond donors (Lipinski definition) is 2. The Morgan fingerprint density at radius 3 is 2.45 bits per heavy atom. The molecule has 0 atom stereocenters. The lowest BCUT2D eigenvalue weighted by atomic mass is 10.1. The standard InChI is InChI=1S/C16H17BrN2O3/c1-11-14(7-18)15(17)16(12-5-3-2-4-6-12)19(11)10-22-13(8-20)9-21/h2-6,13,20-21H,8-10H2,1H3. The van der Waals surface area contributed by atoms with Gasteiger partial charge in [-0.15, -0.1) is 0 Å². The Labute approximate surface area is 137 Å². The third kappa shape index (κ3) is 3.23. The van der Waals surface area contributed by atoms with Gasteiger partial charge in [0.2, 0.25) is 0 Å². The Kier molecular flexibility index (Phi) is 5.75. The monoisotopic (exact) mass is 364 g/mol. The van der Waals surface area contributed by atoms with Crippen LogP contribution in [0.4, 0.5) is 0 Å². The van der Waals surface area contributed by atoms with Gasteiger partial charge < -0.3 is 19.5 Å². The molecule has 5 nitrogen and oxygen atoms in total. The van der Waals surface area contributed by atoms with Crippen molar-refractivity contribution in [2.75, 3.05) is 13.2 Å². The third-order valence-corrected chi connectivity index (χ3v) is 4.24. The summed E-state index contributed by atoms with van der Waals surface area (Å²) in [4.78, 5) is 0. The number of nitrogens with zero attached hydrogens (tertiary/aromatic N) is 2. The van der Waals surface area contributed by atoms with Gasteiger partial charge in [0.05, 0.1) is 28.9 Å². The highest BCUT2D eigenvalue weighted by Gasteiger charge is 2.20. The van der Waals surface area contributed by atoms with E-state index in [-0.39, 0.29) is 19.9 Å². The van der Waals surface area contributed by atoms with E-state index in [0.29, 0.717) is 10.0 Å². The number of halogens is 1. The molecule has 0 aliphatic heterocycles. The summed E-state index contributed by atoms with van der Waals surface area (Å²) in [6.07, 6.45) is -0.644. The molecule has 0 radical (unpaired) electrons. The molecule has 22 heavy (non-hydrogen) atoms. The highest BCUT2D eigenvalue weighted by Crippen LogP contribution is 2.35. The number of benzene rings is 1. The smallest absolute Gasteiger partial charge is 0.123 e. The zero-order valence-electron chi connectivity index (χ0n) is 12.2. The van der Waals surface area contributed by atoms with E-state index < -0.39 is 6.10 Å². The first kappa shape index (κ1) is 16.7. The van der Waals surface area contributed by atoms with Gasteiger partial charge in [-0.05, 0) is 28.4 Å². The lowest BCUT2D eigenvalue weighted by Gasteiger charge is -2.17. The van der Waals surface area contributed by atoms with Gasteiger partial charge in [0.1, 0.15) is 18.9 Å². The predicted molar refractivity (Wildman–Crippen MR) is 86.1 cm³/mol. The number of aliphatic hydroxyl groups excluding tert-OH is 2. The summed E-state index contributed by atoms with van der Waals surface area (Å²) < 4.78 is 8.09. The van der Waals surface area contributed by atoms with E-state index in [1.807, 2.05) is 41.8 Å². The number of nitriles is 1. The zero-order valence-corrected chi connectivity index (χ0v) is 13.7. The minimum atomic E-state index is -0.644. The van der Waals surface area contributed by atoms with E-state index in [1.54, 1.807) is 0 Å². The zero-order chi connectivity index (χ0) is 16.1. The minimum Gasteiger partial charge on any atom is -0.394 e. The van der Waals surface area contributed by atoms with Crippen molar-refractivity contribution in [3.8, 4) is 17.3 Å².